The number of carbonyl (C=O) groups excluding carboxylic acids is 2. The van der Waals surface area contributed by atoms with Crippen molar-refractivity contribution in [1.29, 1.82) is 0 Å². The van der Waals surface area contributed by atoms with Crippen LogP contribution >= 0.6 is 11.3 Å². The van der Waals surface area contributed by atoms with Gasteiger partial charge >= 0.3 is 0 Å². The van der Waals surface area contributed by atoms with Gasteiger partial charge in [-0.25, -0.2) is 9.97 Å². The topological polar surface area (TPSA) is 84.0 Å². The van der Waals surface area contributed by atoms with Crippen molar-refractivity contribution >= 4 is 28.8 Å². The van der Waals surface area contributed by atoms with Gasteiger partial charge in [-0.05, 0) is 41.8 Å². The highest BCUT2D eigenvalue weighted by Gasteiger charge is 2.36. The van der Waals surface area contributed by atoms with Crippen LogP contribution in [0.4, 0.5) is 5.69 Å². The first-order valence-electron chi connectivity index (χ1n) is 8.19. The fourth-order valence-corrected chi connectivity index (χ4v) is 4.20. The molecule has 0 spiro atoms. The van der Waals surface area contributed by atoms with E-state index in [0.717, 1.165) is 41.5 Å². The number of amides is 2. The molecule has 0 aliphatic heterocycles. The lowest BCUT2D eigenvalue weighted by molar-refractivity contribution is -0.130. The Morgan fingerprint density at radius 2 is 2.08 bits per heavy atom. The largest absolute Gasteiger partial charge is 0.386 e. The van der Waals surface area contributed by atoms with Crippen molar-refractivity contribution in [2.24, 2.45) is 5.92 Å². The fraction of sp³-hybridized carbons (Fsp3) is 0.333. The van der Waals surface area contributed by atoms with Crippen molar-refractivity contribution in [2.45, 2.75) is 25.2 Å². The monoisotopic (exact) mass is 356 g/mol. The molecule has 2 aromatic rings. The Labute approximate surface area is 150 Å². The van der Waals surface area contributed by atoms with Gasteiger partial charge < -0.3 is 5.32 Å². The molecule has 2 heterocycles. The highest BCUT2D eigenvalue weighted by atomic mass is 32.1. The third-order valence-electron chi connectivity index (χ3n) is 4.52. The second-order valence-corrected chi connectivity index (χ2v) is 6.87. The van der Waals surface area contributed by atoms with E-state index in [2.05, 4.69) is 27.2 Å². The van der Waals surface area contributed by atoms with Crippen molar-refractivity contribution < 1.29 is 9.59 Å². The van der Waals surface area contributed by atoms with Gasteiger partial charge in [0.05, 0.1) is 23.0 Å². The molecule has 0 bridgehead atoms. The first kappa shape index (κ1) is 17.3. The maximum atomic E-state index is 12.4. The molecule has 0 aromatic carbocycles. The number of hydrogen-bond acceptors (Lipinski definition) is 6. The molecule has 1 aliphatic rings. The lowest BCUT2D eigenvalue weighted by atomic mass is 9.88. The van der Waals surface area contributed by atoms with Crippen LogP contribution in [0, 0.1) is 5.92 Å². The SMILES string of the molecule is C=CC(=O)NC(=O)[C@@H]1CCC[C@H]1c1ccsc1-c1ncc(NC)cn1. The molecule has 130 valence electrons. The van der Waals surface area contributed by atoms with Gasteiger partial charge in [0.1, 0.15) is 0 Å². The van der Waals surface area contributed by atoms with E-state index in [1.807, 2.05) is 18.5 Å². The maximum Gasteiger partial charge on any atom is 0.249 e. The summed E-state index contributed by atoms with van der Waals surface area (Å²) >= 11 is 1.57. The third kappa shape index (κ3) is 3.61. The summed E-state index contributed by atoms with van der Waals surface area (Å²) in [5.41, 5.74) is 1.94. The summed E-state index contributed by atoms with van der Waals surface area (Å²) in [6, 6.07) is 2.04. The lowest BCUT2D eigenvalue weighted by Crippen LogP contribution is -2.35. The molecule has 2 N–H and O–H groups in total. The molecule has 1 fully saturated rings. The van der Waals surface area contributed by atoms with Crippen LogP contribution in [0.15, 0.2) is 36.5 Å². The van der Waals surface area contributed by atoms with Gasteiger partial charge in [-0.3, -0.25) is 14.9 Å². The van der Waals surface area contributed by atoms with Gasteiger partial charge in [0.15, 0.2) is 5.82 Å². The number of imide groups is 1. The number of nitrogens with zero attached hydrogens (tertiary/aromatic N) is 2. The zero-order valence-corrected chi connectivity index (χ0v) is 14.8. The van der Waals surface area contributed by atoms with Crippen LogP contribution in [0.25, 0.3) is 10.7 Å². The van der Waals surface area contributed by atoms with Crippen LogP contribution in [0.2, 0.25) is 0 Å². The second-order valence-electron chi connectivity index (χ2n) is 5.95. The molecular formula is C18H20N4O2S. The molecule has 0 unspecified atom stereocenters. The number of carbonyl (C=O) groups is 2. The molecule has 6 nitrogen and oxygen atoms in total. The highest BCUT2D eigenvalue weighted by Crippen LogP contribution is 2.44. The Morgan fingerprint density at radius 3 is 2.76 bits per heavy atom. The summed E-state index contributed by atoms with van der Waals surface area (Å²) in [6.45, 7) is 3.39. The van der Waals surface area contributed by atoms with Crippen molar-refractivity contribution in [3.63, 3.8) is 0 Å². The van der Waals surface area contributed by atoms with Crippen LogP contribution < -0.4 is 10.6 Å². The van der Waals surface area contributed by atoms with E-state index >= 15 is 0 Å². The standard InChI is InChI=1S/C18H20N4O2S/c1-3-15(23)22-18(24)14-6-4-5-12(14)13-7-8-25-16(13)17-20-9-11(19-2)10-21-17/h3,7-10,12,14,19H,1,4-6H2,2H3,(H,22,23,24)/t12-,14+/m0/s1. The predicted octanol–water partition coefficient (Wildman–Crippen LogP) is 2.96. The highest BCUT2D eigenvalue weighted by molar-refractivity contribution is 7.13. The minimum absolute atomic E-state index is 0.0754. The molecule has 0 radical (unpaired) electrons. The van der Waals surface area contributed by atoms with E-state index in [-0.39, 0.29) is 17.7 Å². The summed E-state index contributed by atoms with van der Waals surface area (Å²) in [6.07, 6.45) is 7.25. The van der Waals surface area contributed by atoms with E-state index in [4.69, 9.17) is 0 Å². The minimum Gasteiger partial charge on any atom is -0.386 e. The number of thiophene rings is 1. The van der Waals surface area contributed by atoms with E-state index in [9.17, 15) is 9.59 Å². The zero-order chi connectivity index (χ0) is 17.8. The van der Waals surface area contributed by atoms with Gasteiger partial charge in [0.25, 0.3) is 0 Å². The Balaban J connectivity index is 1.86. The molecule has 2 amide bonds. The molecule has 0 saturated heterocycles. The Hall–Kier alpha value is -2.54. The van der Waals surface area contributed by atoms with E-state index in [0.29, 0.717) is 5.82 Å². The van der Waals surface area contributed by atoms with Gasteiger partial charge in [0, 0.05) is 13.0 Å². The normalized spacial score (nSPS) is 19.4. The van der Waals surface area contributed by atoms with Crippen molar-refractivity contribution in [3.05, 3.63) is 42.1 Å². The van der Waals surface area contributed by atoms with Gasteiger partial charge in [0.2, 0.25) is 11.8 Å². The van der Waals surface area contributed by atoms with Gasteiger partial charge in [-0.1, -0.05) is 13.0 Å². The molecule has 3 rings (SSSR count). The van der Waals surface area contributed by atoms with Crippen molar-refractivity contribution in [3.8, 4) is 10.7 Å². The number of anilines is 1. The Morgan fingerprint density at radius 1 is 1.32 bits per heavy atom. The molecule has 1 aliphatic carbocycles. The molecule has 1 saturated carbocycles. The van der Waals surface area contributed by atoms with Gasteiger partial charge in [-0.2, -0.15) is 0 Å². The average molecular weight is 356 g/mol. The smallest absolute Gasteiger partial charge is 0.249 e. The number of hydrogen-bond donors (Lipinski definition) is 2. The van der Waals surface area contributed by atoms with E-state index in [1.165, 1.54) is 0 Å². The maximum absolute atomic E-state index is 12.4. The van der Waals surface area contributed by atoms with Crippen LogP contribution in [0.5, 0.6) is 0 Å². The average Bonchev–Trinajstić information content (AvgIpc) is 3.30. The Bertz CT molecular complexity index is 785. The second kappa shape index (κ2) is 7.57. The predicted molar refractivity (Wildman–Crippen MR) is 98.3 cm³/mol. The number of nitrogens with one attached hydrogen (secondary N) is 2. The molecule has 25 heavy (non-hydrogen) atoms. The van der Waals surface area contributed by atoms with Crippen LogP contribution in [-0.4, -0.2) is 28.8 Å². The molecular weight excluding hydrogens is 336 g/mol. The Kier molecular flexibility index (Phi) is 5.23. The summed E-state index contributed by atoms with van der Waals surface area (Å²) in [5, 5.41) is 7.41. The molecule has 2 atom stereocenters. The number of rotatable bonds is 5. The fourth-order valence-electron chi connectivity index (χ4n) is 3.28. The van der Waals surface area contributed by atoms with Crippen LogP contribution in [0.1, 0.15) is 30.7 Å². The summed E-state index contributed by atoms with van der Waals surface area (Å²) in [7, 11) is 1.82. The number of aromatic nitrogens is 2. The molecule has 7 heteroatoms. The first-order chi connectivity index (χ1) is 12.1. The molecule has 2 aromatic heterocycles. The third-order valence-corrected chi connectivity index (χ3v) is 5.45. The first-order valence-corrected chi connectivity index (χ1v) is 9.06. The zero-order valence-electron chi connectivity index (χ0n) is 14.0. The summed E-state index contributed by atoms with van der Waals surface area (Å²) < 4.78 is 0. The summed E-state index contributed by atoms with van der Waals surface area (Å²) in [4.78, 5) is 33.7. The quantitative estimate of drug-likeness (QED) is 0.805. The van der Waals surface area contributed by atoms with Crippen molar-refractivity contribution in [2.75, 3.05) is 12.4 Å². The lowest BCUT2D eigenvalue weighted by Gasteiger charge is -2.19. The van der Waals surface area contributed by atoms with E-state index < -0.39 is 5.91 Å². The van der Waals surface area contributed by atoms with Crippen molar-refractivity contribution in [1.82, 2.24) is 15.3 Å². The van der Waals surface area contributed by atoms with Crippen LogP contribution in [-0.2, 0) is 9.59 Å². The van der Waals surface area contributed by atoms with Gasteiger partial charge in [-0.15, -0.1) is 11.3 Å². The van der Waals surface area contributed by atoms with Crippen LogP contribution in [0.3, 0.4) is 0 Å². The minimum atomic E-state index is -0.452. The van der Waals surface area contributed by atoms with E-state index in [1.54, 1.807) is 23.7 Å². The summed E-state index contributed by atoms with van der Waals surface area (Å²) in [5.74, 6) is -0.152.